The third-order valence-electron chi connectivity index (χ3n) is 3.44. The number of carbonyl (C=O) groups is 1. The van der Waals surface area contributed by atoms with Crippen molar-refractivity contribution >= 4 is 44.9 Å². The molecule has 0 aliphatic carbocycles. The number of ether oxygens (including phenoxy) is 1. The smallest absolute Gasteiger partial charge is 0.250 e. The molecule has 1 N–H and O–H groups in total. The molecule has 1 aromatic heterocycles. The standard InChI is InChI=1S/C18H17N3O2S2/c1-12(13-6-5-7-14(10-13)23-2)20-21-17(22)11-24-18-19-15-8-3-4-9-16(15)25-18/h3-10H,11H2,1-2H3,(H,21,22)/b20-12-. The van der Waals surface area contributed by atoms with Crippen LogP contribution in [0.3, 0.4) is 0 Å². The molecule has 7 heteroatoms. The Labute approximate surface area is 154 Å². The van der Waals surface area contributed by atoms with Crippen LogP contribution in [0.2, 0.25) is 0 Å². The minimum atomic E-state index is -0.161. The maximum atomic E-state index is 12.0. The molecule has 0 atom stereocenters. The van der Waals surface area contributed by atoms with Gasteiger partial charge in [0.05, 0.1) is 28.8 Å². The van der Waals surface area contributed by atoms with E-state index in [1.807, 2.05) is 55.5 Å². The molecule has 2 aromatic carbocycles. The molecule has 0 aliphatic rings. The quantitative estimate of drug-likeness (QED) is 0.405. The Bertz CT molecular complexity index is 888. The summed E-state index contributed by atoms with van der Waals surface area (Å²) in [4.78, 5) is 16.5. The molecule has 0 saturated heterocycles. The van der Waals surface area contributed by atoms with E-state index in [2.05, 4.69) is 15.5 Å². The van der Waals surface area contributed by atoms with Crippen molar-refractivity contribution in [1.82, 2.24) is 10.4 Å². The average Bonchev–Trinajstić information content (AvgIpc) is 3.07. The number of aromatic nitrogens is 1. The molecule has 1 heterocycles. The fourth-order valence-corrected chi connectivity index (χ4v) is 3.99. The summed E-state index contributed by atoms with van der Waals surface area (Å²) in [5.74, 6) is 0.866. The number of rotatable bonds is 6. The van der Waals surface area contributed by atoms with Gasteiger partial charge in [-0.25, -0.2) is 10.4 Å². The zero-order valence-electron chi connectivity index (χ0n) is 13.9. The number of hydrogen-bond donors (Lipinski definition) is 1. The number of amides is 1. The Morgan fingerprint density at radius 2 is 2.12 bits per heavy atom. The minimum Gasteiger partial charge on any atom is -0.497 e. The Hall–Kier alpha value is -2.38. The van der Waals surface area contributed by atoms with Gasteiger partial charge in [0.2, 0.25) is 0 Å². The number of carbonyl (C=O) groups excluding carboxylic acids is 1. The van der Waals surface area contributed by atoms with Gasteiger partial charge in [0.15, 0.2) is 4.34 Å². The molecule has 0 fully saturated rings. The third kappa shape index (κ3) is 4.58. The molecule has 25 heavy (non-hydrogen) atoms. The second-order valence-corrected chi connectivity index (χ2v) is 7.45. The Kier molecular flexibility index (Phi) is 5.67. The fraction of sp³-hybridized carbons (Fsp3) is 0.167. The zero-order valence-corrected chi connectivity index (χ0v) is 15.5. The topological polar surface area (TPSA) is 63.6 Å². The zero-order chi connectivity index (χ0) is 17.6. The van der Waals surface area contributed by atoms with Gasteiger partial charge in [-0.3, -0.25) is 4.79 Å². The van der Waals surface area contributed by atoms with Gasteiger partial charge in [-0.1, -0.05) is 36.0 Å². The summed E-state index contributed by atoms with van der Waals surface area (Å²) in [5, 5.41) is 4.16. The van der Waals surface area contributed by atoms with Crippen LogP contribution < -0.4 is 10.2 Å². The monoisotopic (exact) mass is 371 g/mol. The van der Waals surface area contributed by atoms with E-state index in [1.165, 1.54) is 11.8 Å². The normalized spacial score (nSPS) is 11.5. The SMILES string of the molecule is COc1cccc(/C(C)=N\NC(=O)CSc2nc3ccccc3s2)c1. The van der Waals surface area contributed by atoms with Crippen LogP contribution in [0.25, 0.3) is 10.2 Å². The van der Waals surface area contributed by atoms with E-state index in [1.54, 1.807) is 18.4 Å². The summed E-state index contributed by atoms with van der Waals surface area (Å²) >= 11 is 3.00. The van der Waals surface area contributed by atoms with Gasteiger partial charge in [0, 0.05) is 5.56 Å². The number of thioether (sulfide) groups is 1. The van der Waals surface area contributed by atoms with Crippen molar-refractivity contribution in [2.75, 3.05) is 12.9 Å². The number of hydrazone groups is 1. The van der Waals surface area contributed by atoms with Crippen LogP contribution in [0.1, 0.15) is 12.5 Å². The molecule has 5 nitrogen and oxygen atoms in total. The van der Waals surface area contributed by atoms with Crippen molar-refractivity contribution in [3.05, 3.63) is 54.1 Å². The van der Waals surface area contributed by atoms with E-state index in [4.69, 9.17) is 4.74 Å². The molecular formula is C18H17N3O2S2. The Balaban J connectivity index is 1.56. The minimum absolute atomic E-state index is 0.161. The number of hydrogen-bond acceptors (Lipinski definition) is 6. The highest BCUT2D eigenvalue weighted by Crippen LogP contribution is 2.29. The molecule has 0 saturated carbocycles. The number of methoxy groups -OCH3 is 1. The lowest BCUT2D eigenvalue weighted by Gasteiger charge is -2.04. The lowest BCUT2D eigenvalue weighted by Crippen LogP contribution is -2.21. The summed E-state index contributed by atoms with van der Waals surface area (Å²) in [7, 11) is 1.62. The average molecular weight is 371 g/mol. The molecule has 0 spiro atoms. The highest BCUT2D eigenvalue weighted by atomic mass is 32.2. The van der Waals surface area contributed by atoms with Gasteiger partial charge in [-0.2, -0.15) is 5.10 Å². The summed E-state index contributed by atoms with van der Waals surface area (Å²) in [5.41, 5.74) is 5.17. The largest absolute Gasteiger partial charge is 0.497 e. The van der Waals surface area contributed by atoms with Crippen LogP contribution in [0.4, 0.5) is 0 Å². The van der Waals surface area contributed by atoms with Gasteiger partial charge in [0.25, 0.3) is 5.91 Å². The first kappa shape index (κ1) is 17.4. The van der Waals surface area contributed by atoms with Gasteiger partial charge in [0.1, 0.15) is 5.75 Å². The van der Waals surface area contributed by atoms with Gasteiger partial charge in [-0.05, 0) is 31.2 Å². The lowest BCUT2D eigenvalue weighted by atomic mass is 10.1. The lowest BCUT2D eigenvalue weighted by molar-refractivity contribution is -0.118. The number of para-hydroxylation sites is 1. The van der Waals surface area contributed by atoms with E-state index < -0.39 is 0 Å². The molecule has 3 rings (SSSR count). The number of thiazole rings is 1. The van der Waals surface area contributed by atoms with Crippen LogP contribution in [0.15, 0.2) is 58.0 Å². The van der Waals surface area contributed by atoms with Crippen molar-refractivity contribution in [3.63, 3.8) is 0 Å². The molecule has 1 amide bonds. The van der Waals surface area contributed by atoms with Crippen LogP contribution in [0, 0.1) is 0 Å². The first-order valence-electron chi connectivity index (χ1n) is 7.61. The number of nitrogens with zero attached hydrogens (tertiary/aromatic N) is 2. The van der Waals surface area contributed by atoms with Gasteiger partial charge < -0.3 is 4.74 Å². The van der Waals surface area contributed by atoms with Crippen molar-refractivity contribution in [1.29, 1.82) is 0 Å². The first-order chi connectivity index (χ1) is 12.2. The summed E-state index contributed by atoms with van der Waals surface area (Å²) in [6.45, 7) is 1.84. The maximum Gasteiger partial charge on any atom is 0.250 e. The van der Waals surface area contributed by atoms with Crippen LogP contribution in [-0.4, -0.2) is 29.5 Å². The van der Waals surface area contributed by atoms with Crippen LogP contribution in [-0.2, 0) is 4.79 Å². The van der Waals surface area contributed by atoms with E-state index in [0.29, 0.717) is 0 Å². The molecule has 128 valence electrons. The maximum absolute atomic E-state index is 12.0. The molecule has 0 unspecified atom stereocenters. The highest BCUT2D eigenvalue weighted by Gasteiger charge is 2.07. The van der Waals surface area contributed by atoms with Crippen LogP contribution in [0.5, 0.6) is 5.75 Å². The summed E-state index contributed by atoms with van der Waals surface area (Å²) in [6.07, 6.45) is 0. The molecular weight excluding hydrogens is 354 g/mol. The van der Waals surface area contributed by atoms with E-state index in [0.717, 1.165) is 31.6 Å². The number of nitrogens with one attached hydrogen (secondary N) is 1. The van der Waals surface area contributed by atoms with E-state index >= 15 is 0 Å². The Morgan fingerprint density at radius 1 is 1.28 bits per heavy atom. The molecule has 0 aliphatic heterocycles. The second kappa shape index (κ2) is 8.13. The third-order valence-corrected chi connectivity index (χ3v) is 5.62. The van der Waals surface area contributed by atoms with Crippen molar-refractivity contribution in [2.45, 2.75) is 11.3 Å². The van der Waals surface area contributed by atoms with Gasteiger partial charge in [-0.15, -0.1) is 11.3 Å². The van der Waals surface area contributed by atoms with E-state index in [-0.39, 0.29) is 11.7 Å². The first-order valence-corrected chi connectivity index (χ1v) is 9.42. The van der Waals surface area contributed by atoms with Crippen LogP contribution >= 0.6 is 23.1 Å². The predicted molar refractivity (Wildman–Crippen MR) is 104 cm³/mol. The van der Waals surface area contributed by atoms with Crippen molar-refractivity contribution in [3.8, 4) is 5.75 Å². The predicted octanol–water partition coefficient (Wildman–Crippen LogP) is 3.94. The van der Waals surface area contributed by atoms with Gasteiger partial charge >= 0.3 is 0 Å². The molecule has 0 bridgehead atoms. The molecule has 3 aromatic rings. The Morgan fingerprint density at radius 3 is 2.92 bits per heavy atom. The van der Waals surface area contributed by atoms with Crippen molar-refractivity contribution < 1.29 is 9.53 Å². The second-order valence-electron chi connectivity index (χ2n) is 5.20. The highest BCUT2D eigenvalue weighted by molar-refractivity contribution is 8.01. The number of benzene rings is 2. The number of fused-ring (bicyclic) bond motifs is 1. The summed E-state index contributed by atoms with van der Waals surface area (Å²) < 4.78 is 7.19. The van der Waals surface area contributed by atoms with Crippen molar-refractivity contribution in [2.24, 2.45) is 5.10 Å². The fourth-order valence-electron chi connectivity index (χ4n) is 2.13. The van der Waals surface area contributed by atoms with E-state index in [9.17, 15) is 4.79 Å². The summed E-state index contributed by atoms with van der Waals surface area (Å²) in [6, 6.07) is 15.5. The molecule has 0 radical (unpaired) electrons.